The lowest BCUT2D eigenvalue weighted by Crippen LogP contribution is -2.18. The van der Waals surface area contributed by atoms with Crippen LogP contribution in [0.5, 0.6) is 5.75 Å². The summed E-state index contributed by atoms with van der Waals surface area (Å²) in [5.74, 6) is 0.171. The highest BCUT2D eigenvalue weighted by atomic mass is 16.5. The maximum Gasteiger partial charge on any atom is 0.338 e. The lowest BCUT2D eigenvalue weighted by molar-refractivity contribution is 0.0505. The highest BCUT2D eigenvalue weighted by Gasteiger charge is 2.20. The molecule has 0 aliphatic heterocycles. The molecular weight excluding hydrogens is 380 g/mol. The summed E-state index contributed by atoms with van der Waals surface area (Å²) >= 11 is 0. The summed E-state index contributed by atoms with van der Waals surface area (Å²) in [5.41, 5.74) is 3.44. The Bertz CT molecular complexity index is 1070. The molecule has 6 heteroatoms. The number of carbonyl (C=O) groups is 2. The van der Waals surface area contributed by atoms with E-state index in [2.05, 4.69) is 5.32 Å². The highest BCUT2D eigenvalue weighted by Crippen LogP contribution is 2.30. The van der Waals surface area contributed by atoms with Gasteiger partial charge in [0, 0.05) is 23.1 Å². The molecular formula is C24H28N2O4. The molecule has 6 nitrogen and oxygen atoms in total. The Labute approximate surface area is 176 Å². The van der Waals surface area contributed by atoms with Gasteiger partial charge in [-0.15, -0.1) is 0 Å². The number of benzene rings is 2. The predicted molar refractivity (Wildman–Crippen MR) is 118 cm³/mol. The van der Waals surface area contributed by atoms with E-state index in [1.165, 1.54) is 0 Å². The zero-order valence-electron chi connectivity index (χ0n) is 18.0. The second-order valence-electron chi connectivity index (χ2n) is 7.00. The van der Waals surface area contributed by atoms with Crippen LogP contribution < -0.4 is 10.1 Å². The third-order valence-electron chi connectivity index (χ3n) is 4.92. The molecule has 0 aliphatic rings. The van der Waals surface area contributed by atoms with Crippen molar-refractivity contribution in [2.45, 2.75) is 40.7 Å². The largest absolute Gasteiger partial charge is 0.494 e. The number of aromatic nitrogens is 1. The minimum atomic E-state index is -0.393. The van der Waals surface area contributed by atoms with Gasteiger partial charge in [0.05, 0.1) is 18.8 Å². The van der Waals surface area contributed by atoms with Crippen LogP contribution in [0.4, 0.5) is 5.69 Å². The summed E-state index contributed by atoms with van der Waals surface area (Å²) in [5, 5.41) is 3.92. The quantitative estimate of drug-likeness (QED) is 0.521. The van der Waals surface area contributed by atoms with E-state index >= 15 is 0 Å². The van der Waals surface area contributed by atoms with E-state index in [9.17, 15) is 9.59 Å². The molecule has 3 aromatic rings. The number of amides is 1. The minimum absolute atomic E-state index is 0.220. The molecule has 0 radical (unpaired) electrons. The van der Waals surface area contributed by atoms with E-state index < -0.39 is 5.97 Å². The van der Waals surface area contributed by atoms with Crippen LogP contribution in [0, 0.1) is 6.92 Å². The molecule has 0 unspecified atom stereocenters. The number of hydrogen-bond acceptors (Lipinski definition) is 4. The van der Waals surface area contributed by atoms with E-state index in [0.29, 0.717) is 36.7 Å². The van der Waals surface area contributed by atoms with Gasteiger partial charge >= 0.3 is 5.97 Å². The zero-order chi connectivity index (χ0) is 21.7. The number of rotatable bonds is 8. The van der Waals surface area contributed by atoms with E-state index in [-0.39, 0.29) is 5.91 Å². The van der Waals surface area contributed by atoms with Gasteiger partial charge in [-0.2, -0.15) is 0 Å². The fraction of sp³-hybridized carbons (Fsp3) is 0.333. The molecule has 1 heterocycles. The van der Waals surface area contributed by atoms with Crippen LogP contribution in [0.15, 0.2) is 42.5 Å². The first kappa shape index (κ1) is 21.4. The molecule has 30 heavy (non-hydrogen) atoms. The van der Waals surface area contributed by atoms with Gasteiger partial charge in [-0.05, 0) is 69.2 Å². The molecule has 1 aromatic heterocycles. The number of carbonyl (C=O) groups excluding carboxylic acids is 2. The Balaban J connectivity index is 1.92. The molecule has 1 N–H and O–H groups in total. The summed E-state index contributed by atoms with van der Waals surface area (Å²) in [7, 11) is 0. The monoisotopic (exact) mass is 408 g/mol. The van der Waals surface area contributed by atoms with Crippen molar-refractivity contribution in [3.63, 3.8) is 0 Å². The van der Waals surface area contributed by atoms with Crippen molar-refractivity contribution in [3.8, 4) is 5.75 Å². The van der Waals surface area contributed by atoms with Crippen molar-refractivity contribution in [1.82, 2.24) is 4.57 Å². The maximum absolute atomic E-state index is 13.2. The van der Waals surface area contributed by atoms with Gasteiger partial charge in [-0.25, -0.2) is 4.79 Å². The lowest BCUT2D eigenvalue weighted by atomic mass is 10.1. The third kappa shape index (κ3) is 4.32. The number of esters is 1. The Morgan fingerprint density at radius 2 is 1.87 bits per heavy atom. The number of hydrogen-bond donors (Lipinski definition) is 1. The zero-order valence-corrected chi connectivity index (χ0v) is 18.0. The van der Waals surface area contributed by atoms with E-state index in [1.807, 2.05) is 50.5 Å². The molecule has 158 valence electrons. The predicted octanol–water partition coefficient (Wildman–Crippen LogP) is 5.19. The van der Waals surface area contributed by atoms with Gasteiger partial charge < -0.3 is 19.4 Å². The van der Waals surface area contributed by atoms with Crippen LogP contribution in [0.2, 0.25) is 0 Å². The average Bonchev–Trinajstić information content (AvgIpc) is 3.03. The van der Waals surface area contributed by atoms with Gasteiger partial charge in [0.1, 0.15) is 11.4 Å². The van der Waals surface area contributed by atoms with Gasteiger partial charge in [-0.1, -0.05) is 13.0 Å². The van der Waals surface area contributed by atoms with Gasteiger partial charge in [-0.3, -0.25) is 4.79 Å². The van der Waals surface area contributed by atoms with Crippen LogP contribution in [-0.2, 0) is 11.3 Å². The number of aryl methyl sites for hydroxylation is 2. The highest BCUT2D eigenvalue weighted by molar-refractivity contribution is 6.08. The minimum Gasteiger partial charge on any atom is -0.494 e. The Kier molecular flexibility index (Phi) is 6.77. The van der Waals surface area contributed by atoms with Crippen molar-refractivity contribution < 1.29 is 19.1 Å². The summed E-state index contributed by atoms with van der Waals surface area (Å²) < 4.78 is 12.8. The molecule has 2 aromatic carbocycles. The Hall–Kier alpha value is -3.28. The summed E-state index contributed by atoms with van der Waals surface area (Å²) in [4.78, 5) is 25.3. The summed E-state index contributed by atoms with van der Waals surface area (Å²) in [6.07, 6.45) is 0.758. The first-order chi connectivity index (χ1) is 14.5. The van der Waals surface area contributed by atoms with Crippen LogP contribution in [0.3, 0.4) is 0 Å². The first-order valence-electron chi connectivity index (χ1n) is 10.3. The van der Waals surface area contributed by atoms with Crippen LogP contribution in [0.25, 0.3) is 10.9 Å². The second kappa shape index (κ2) is 9.48. The molecule has 0 saturated heterocycles. The number of nitrogens with zero attached hydrogens (tertiary/aromatic N) is 1. The second-order valence-corrected chi connectivity index (χ2v) is 7.00. The summed E-state index contributed by atoms with van der Waals surface area (Å²) in [6, 6.07) is 12.7. The number of anilines is 1. The smallest absolute Gasteiger partial charge is 0.338 e. The van der Waals surface area contributed by atoms with Crippen molar-refractivity contribution in [1.29, 1.82) is 0 Å². The fourth-order valence-corrected chi connectivity index (χ4v) is 3.57. The van der Waals surface area contributed by atoms with Crippen molar-refractivity contribution >= 4 is 28.5 Å². The average molecular weight is 408 g/mol. The van der Waals surface area contributed by atoms with E-state index in [1.54, 1.807) is 24.3 Å². The van der Waals surface area contributed by atoms with Crippen molar-refractivity contribution in [3.05, 3.63) is 59.3 Å². The number of nitrogens with one attached hydrogen (secondary N) is 1. The molecule has 1 amide bonds. The Morgan fingerprint density at radius 3 is 2.57 bits per heavy atom. The van der Waals surface area contributed by atoms with Crippen molar-refractivity contribution in [2.24, 2.45) is 0 Å². The Morgan fingerprint density at radius 1 is 1.07 bits per heavy atom. The number of fused-ring (bicyclic) bond motifs is 1. The van der Waals surface area contributed by atoms with Gasteiger partial charge in [0.25, 0.3) is 5.91 Å². The number of ether oxygens (including phenoxy) is 2. The van der Waals surface area contributed by atoms with Crippen LogP contribution in [0.1, 0.15) is 53.6 Å². The SMILES string of the molecule is CCCOC(=O)c1cccc(NC(=O)c2c(C)c3cc(OCC)ccc3n2CC)c1. The maximum atomic E-state index is 13.2. The van der Waals surface area contributed by atoms with Crippen LogP contribution >= 0.6 is 0 Å². The topological polar surface area (TPSA) is 69.6 Å². The first-order valence-corrected chi connectivity index (χ1v) is 10.3. The lowest BCUT2D eigenvalue weighted by Gasteiger charge is -2.11. The molecule has 0 bridgehead atoms. The molecule has 0 saturated carbocycles. The molecule has 0 fully saturated rings. The molecule has 0 aliphatic carbocycles. The van der Waals surface area contributed by atoms with Crippen LogP contribution in [-0.4, -0.2) is 29.7 Å². The fourth-order valence-electron chi connectivity index (χ4n) is 3.57. The molecule has 3 rings (SSSR count). The molecule has 0 atom stereocenters. The van der Waals surface area contributed by atoms with Gasteiger partial charge in [0.2, 0.25) is 0 Å². The standard InChI is InChI=1S/C24H28N2O4/c1-5-13-30-24(28)17-9-8-10-18(14-17)25-23(27)22-16(4)20-15-19(29-7-3)11-12-21(20)26(22)6-2/h8-12,14-15H,5-7,13H2,1-4H3,(H,25,27). The summed E-state index contributed by atoms with van der Waals surface area (Å²) in [6.45, 7) is 9.45. The third-order valence-corrected chi connectivity index (χ3v) is 4.92. The van der Waals surface area contributed by atoms with E-state index in [4.69, 9.17) is 9.47 Å². The van der Waals surface area contributed by atoms with E-state index in [0.717, 1.165) is 28.6 Å². The normalized spacial score (nSPS) is 10.8. The van der Waals surface area contributed by atoms with Crippen molar-refractivity contribution in [2.75, 3.05) is 18.5 Å². The van der Waals surface area contributed by atoms with Gasteiger partial charge in [0.15, 0.2) is 0 Å². The molecule has 0 spiro atoms.